The molecule has 0 amide bonds. The summed E-state index contributed by atoms with van der Waals surface area (Å²) >= 11 is 9.60. The highest BCUT2D eigenvalue weighted by Gasteiger charge is 2.42. The van der Waals surface area contributed by atoms with Crippen molar-refractivity contribution in [3.63, 3.8) is 0 Å². The van der Waals surface area contributed by atoms with Crippen molar-refractivity contribution in [2.75, 3.05) is 6.61 Å². The van der Waals surface area contributed by atoms with Crippen LogP contribution in [0.3, 0.4) is 0 Å². The molecule has 1 aromatic rings. The van der Waals surface area contributed by atoms with Crippen LogP contribution in [0, 0.1) is 5.92 Å². The lowest BCUT2D eigenvalue weighted by Gasteiger charge is -2.37. The summed E-state index contributed by atoms with van der Waals surface area (Å²) in [5.41, 5.74) is 0.609. The molecule has 4 heteroatoms. The van der Waals surface area contributed by atoms with Gasteiger partial charge in [-0.15, -0.1) is 0 Å². The molecule has 1 aliphatic heterocycles. The zero-order valence-corrected chi connectivity index (χ0v) is 13.7. The number of hydrogen-bond acceptors (Lipinski definition) is 2. The average molecular weight is 358 g/mol. The molecule has 0 radical (unpaired) electrons. The summed E-state index contributed by atoms with van der Waals surface area (Å²) < 4.78 is 6.90. The fourth-order valence-electron chi connectivity index (χ4n) is 3.53. The van der Waals surface area contributed by atoms with E-state index in [4.69, 9.17) is 16.3 Å². The van der Waals surface area contributed by atoms with E-state index in [1.165, 1.54) is 12.8 Å². The molecule has 2 nitrogen and oxygen atoms in total. The molecule has 1 saturated carbocycles. The van der Waals surface area contributed by atoms with Crippen LogP contribution in [-0.4, -0.2) is 18.0 Å². The molecule has 1 heterocycles. The lowest BCUT2D eigenvalue weighted by Crippen LogP contribution is -2.39. The molecule has 0 aromatic heterocycles. The number of Topliss-reactive ketones (excluding diaryl/α,β-unsaturated/α-hetero) is 1. The van der Waals surface area contributed by atoms with Crippen LogP contribution in [-0.2, 0) is 4.74 Å². The monoisotopic (exact) mass is 356 g/mol. The van der Waals surface area contributed by atoms with Gasteiger partial charge in [0.05, 0.1) is 10.6 Å². The van der Waals surface area contributed by atoms with Gasteiger partial charge in [0.1, 0.15) is 0 Å². The van der Waals surface area contributed by atoms with Crippen LogP contribution in [0.4, 0.5) is 0 Å². The number of carbonyl (C=O) groups is 1. The Balaban J connectivity index is 1.81. The summed E-state index contributed by atoms with van der Waals surface area (Å²) in [6, 6.07) is 5.48. The van der Waals surface area contributed by atoms with Gasteiger partial charge in [-0.25, -0.2) is 0 Å². The Hall–Kier alpha value is -0.380. The SMILES string of the molecule is O=C(c1cc(Br)ccc1Cl)C1CCOC2(CCCC2)C1. The molecule has 2 fully saturated rings. The smallest absolute Gasteiger partial charge is 0.167 e. The Morgan fingerprint density at radius 2 is 2.10 bits per heavy atom. The minimum absolute atomic E-state index is 0.0307. The fourth-order valence-corrected chi connectivity index (χ4v) is 4.10. The average Bonchev–Trinajstić information content (AvgIpc) is 2.88. The molecular formula is C16H18BrClO2. The first-order valence-corrected chi connectivity index (χ1v) is 8.40. The largest absolute Gasteiger partial charge is 0.375 e. The Morgan fingerprint density at radius 1 is 1.35 bits per heavy atom. The fraction of sp³-hybridized carbons (Fsp3) is 0.562. The first-order valence-electron chi connectivity index (χ1n) is 7.23. The summed E-state index contributed by atoms with van der Waals surface area (Å²) in [4.78, 5) is 12.8. The number of ketones is 1. The molecule has 0 bridgehead atoms. The van der Waals surface area contributed by atoms with Crippen LogP contribution in [0.25, 0.3) is 0 Å². The van der Waals surface area contributed by atoms with Crippen LogP contribution in [0.5, 0.6) is 0 Å². The Bertz CT molecular complexity index is 523. The maximum Gasteiger partial charge on any atom is 0.167 e. The second-order valence-electron chi connectivity index (χ2n) is 5.92. The molecule has 1 spiro atoms. The van der Waals surface area contributed by atoms with Crippen LogP contribution >= 0.6 is 27.5 Å². The molecular weight excluding hydrogens is 340 g/mol. The maximum absolute atomic E-state index is 12.8. The van der Waals surface area contributed by atoms with Crippen molar-refractivity contribution in [2.24, 2.45) is 5.92 Å². The number of ether oxygens (including phenoxy) is 1. The summed E-state index contributed by atoms with van der Waals surface area (Å²) in [7, 11) is 0. The molecule has 108 valence electrons. The van der Waals surface area contributed by atoms with Gasteiger partial charge in [-0.05, 0) is 43.9 Å². The molecule has 1 aliphatic carbocycles. The van der Waals surface area contributed by atoms with Crippen LogP contribution in [0.1, 0.15) is 48.9 Å². The van der Waals surface area contributed by atoms with Gasteiger partial charge in [-0.3, -0.25) is 4.79 Å². The van der Waals surface area contributed by atoms with E-state index in [2.05, 4.69) is 15.9 Å². The Kier molecular flexibility index (Phi) is 4.21. The van der Waals surface area contributed by atoms with E-state index in [0.717, 1.165) is 30.2 Å². The van der Waals surface area contributed by atoms with Gasteiger partial charge in [0, 0.05) is 22.6 Å². The summed E-state index contributed by atoms with van der Waals surface area (Å²) in [5, 5.41) is 0.546. The predicted molar refractivity (Wildman–Crippen MR) is 83.4 cm³/mol. The Morgan fingerprint density at radius 3 is 2.85 bits per heavy atom. The zero-order valence-electron chi connectivity index (χ0n) is 11.3. The normalized spacial score (nSPS) is 25.0. The van der Waals surface area contributed by atoms with E-state index in [0.29, 0.717) is 17.2 Å². The second kappa shape index (κ2) is 5.78. The van der Waals surface area contributed by atoms with Crippen molar-refractivity contribution in [3.05, 3.63) is 33.3 Å². The third-order valence-electron chi connectivity index (χ3n) is 4.57. The van der Waals surface area contributed by atoms with Gasteiger partial charge in [-0.1, -0.05) is 40.4 Å². The van der Waals surface area contributed by atoms with E-state index in [1.807, 2.05) is 12.1 Å². The van der Waals surface area contributed by atoms with Gasteiger partial charge in [0.25, 0.3) is 0 Å². The first kappa shape index (κ1) is 14.6. The Labute approximate surface area is 133 Å². The second-order valence-corrected chi connectivity index (χ2v) is 7.24. The van der Waals surface area contributed by atoms with E-state index in [9.17, 15) is 4.79 Å². The zero-order chi connectivity index (χ0) is 14.2. The number of hydrogen-bond donors (Lipinski definition) is 0. The molecule has 2 aliphatic rings. The van der Waals surface area contributed by atoms with Crippen LogP contribution < -0.4 is 0 Å². The number of rotatable bonds is 2. The molecule has 20 heavy (non-hydrogen) atoms. The first-order chi connectivity index (χ1) is 9.60. The number of carbonyl (C=O) groups excluding carboxylic acids is 1. The van der Waals surface area contributed by atoms with E-state index < -0.39 is 0 Å². The van der Waals surface area contributed by atoms with Crippen molar-refractivity contribution < 1.29 is 9.53 Å². The highest BCUT2D eigenvalue weighted by molar-refractivity contribution is 9.10. The summed E-state index contributed by atoms with van der Waals surface area (Å²) in [5.74, 6) is 0.222. The number of benzene rings is 1. The van der Waals surface area contributed by atoms with Gasteiger partial charge < -0.3 is 4.74 Å². The maximum atomic E-state index is 12.8. The minimum Gasteiger partial charge on any atom is -0.375 e. The van der Waals surface area contributed by atoms with E-state index >= 15 is 0 Å². The number of halogens is 2. The predicted octanol–water partition coefficient (Wildman–Crippen LogP) is 5.02. The van der Waals surface area contributed by atoms with E-state index in [1.54, 1.807) is 6.07 Å². The molecule has 1 unspecified atom stereocenters. The molecule has 3 rings (SSSR count). The third-order valence-corrected chi connectivity index (χ3v) is 5.40. The van der Waals surface area contributed by atoms with Crippen molar-refractivity contribution >= 4 is 33.3 Å². The van der Waals surface area contributed by atoms with Crippen molar-refractivity contribution in [1.29, 1.82) is 0 Å². The standard InChI is InChI=1S/C16H18BrClO2/c17-12-3-4-14(18)13(9-12)15(19)11-5-8-20-16(10-11)6-1-2-7-16/h3-4,9,11H,1-2,5-8,10H2. The highest BCUT2D eigenvalue weighted by Crippen LogP contribution is 2.43. The van der Waals surface area contributed by atoms with Crippen molar-refractivity contribution in [3.8, 4) is 0 Å². The molecule has 1 atom stereocenters. The lowest BCUT2D eigenvalue weighted by atomic mass is 9.81. The van der Waals surface area contributed by atoms with Gasteiger partial charge in [0.15, 0.2) is 5.78 Å². The highest BCUT2D eigenvalue weighted by atomic mass is 79.9. The molecule has 1 aromatic carbocycles. The van der Waals surface area contributed by atoms with Crippen LogP contribution in [0.2, 0.25) is 5.02 Å². The van der Waals surface area contributed by atoms with Crippen LogP contribution in [0.15, 0.2) is 22.7 Å². The van der Waals surface area contributed by atoms with E-state index in [-0.39, 0.29) is 17.3 Å². The summed E-state index contributed by atoms with van der Waals surface area (Å²) in [6.07, 6.45) is 6.31. The van der Waals surface area contributed by atoms with Gasteiger partial charge >= 0.3 is 0 Å². The summed E-state index contributed by atoms with van der Waals surface area (Å²) in [6.45, 7) is 0.696. The third kappa shape index (κ3) is 2.81. The topological polar surface area (TPSA) is 26.3 Å². The molecule has 0 N–H and O–H groups in total. The van der Waals surface area contributed by atoms with Gasteiger partial charge in [0.2, 0.25) is 0 Å². The van der Waals surface area contributed by atoms with Crippen molar-refractivity contribution in [2.45, 2.75) is 44.1 Å². The quantitative estimate of drug-likeness (QED) is 0.694. The molecule has 1 saturated heterocycles. The minimum atomic E-state index is -0.0307. The van der Waals surface area contributed by atoms with Gasteiger partial charge in [-0.2, -0.15) is 0 Å². The lowest BCUT2D eigenvalue weighted by molar-refractivity contribution is -0.0866. The van der Waals surface area contributed by atoms with Crippen molar-refractivity contribution in [1.82, 2.24) is 0 Å².